The molecule has 1 rings (SSSR count). The van der Waals surface area contributed by atoms with Crippen molar-refractivity contribution >= 4 is 38.8 Å². The van der Waals surface area contributed by atoms with Crippen LogP contribution in [0.4, 0.5) is 0 Å². The summed E-state index contributed by atoms with van der Waals surface area (Å²) in [5.74, 6) is 0.0415. The second-order valence-electron chi connectivity index (χ2n) is 6.71. The zero-order valence-electron chi connectivity index (χ0n) is 13.3. The number of carbonyl (C=O) groups is 2. The first-order valence-corrected chi connectivity index (χ1v) is 8.09. The summed E-state index contributed by atoms with van der Waals surface area (Å²) in [4.78, 5) is 27.0. The summed E-state index contributed by atoms with van der Waals surface area (Å²) in [5.41, 5.74) is -0.804. The minimum Gasteiger partial charge on any atom is -0.299 e. The maximum atomic E-state index is 11.5. The van der Waals surface area contributed by atoms with Gasteiger partial charge in [0.2, 0.25) is 0 Å². The van der Waals surface area contributed by atoms with E-state index in [0.717, 1.165) is 8.79 Å². The zero-order valence-corrected chi connectivity index (χ0v) is 15.7. The van der Waals surface area contributed by atoms with Gasteiger partial charge in [-0.05, 0) is 22.9 Å². The number of carbonyl (C=O) groups excluding carboxylic acids is 2. The predicted molar refractivity (Wildman–Crippen MR) is 88.1 cm³/mol. The number of halogens is 1. The summed E-state index contributed by atoms with van der Waals surface area (Å²) in [6.45, 7) is 13.0. The molecule has 0 saturated carbocycles. The third-order valence-corrected chi connectivity index (χ3v) is 3.98. The number of thiazole rings is 1. The Morgan fingerprint density at radius 3 is 1.65 bits per heavy atom. The average molecular weight is 362 g/mol. The highest BCUT2D eigenvalue weighted by Crippen LogP contribution is 2.22. The Morgan fingerprint density at radius 2 is 1.50 bits per heavy atom. The van der Waals surface area contributed by atoms with E-state index in [-0.39, 0.29) is 18.0 Å². The van der Waals surface area contributed by atoms with Crippen molar-refractivity contribution in [2.45, 2.75) is 54.9 Å². The Balaban J connectivity index is 0.000000428. The van der Waals surface area contributed by atoms with Crippen LogP contribution in [0, 0.1) is 17.8 Å². The first-order chi connectivity index (χ1) is 8.84. The van der Waals surface area contributed by atoms with Crippen LogP contribution < -0.4 is 0 Å². The lowest BCUT2D eigenvalue weighted by Gasteiger charge is -2.20. The lowest BCUT2D eigenvalue weighted by atomic mass is 9.82. The Labute approximate surface area is 134 Å². The lowest BCUT2D eigenvalue weighted by molar-refractivity contribution is -0.135. The summed E-state index contributed by atoms with van der Waals surface area (Å²) in [6.07, 6.45) is 1.87. The molecular formula is C15H24BrNO2S. The summed E-state index contributed by atoms with van der Waals surface area (Å²) in [7, 11) is 0. The van der Waals surface area contributed by atoms with Crippen molar-refractivity contribution in [1.29, 1.82) is 0 Å². The normalized spacial score (nSPS) is 11.6. The summed E-state index contributed by atoms with van der Waals surface area (Å²) in [5, 5.41) is 1.10. The number of nitrogens with zero attached hydrogens (tertiary/aromatic N) is 1. The van der Waals surface area contributed by atoms with Crippen LogP contribution >= 0.6 is 27.3 Å². The number of hydrogen-bond donors (Lipinski definition) is 0. The highest BCUT2D eigenvalue weighted by molar-refractivity contribution is 9.11. The van der Waals surface area contributed by atoms with Crippen LogP contribution in [0.5, 0.6) is 0 Å². The molecule has 0 aliphatic carbocycles. The minimum atomic E-state index is -0.402. The van der Waals surface area contributed by atoms with Crippen molar-refractivity contribution < 1.29 is 9.59 Å². The fourth-order valence-electron chi connectivity index (χ4n) is 1.01. The first kappa shape index (κ1) is 19.4. The second-order valence-corrected chi connectivity index (χ2v) is 9.32. The fourth-order valence-corrected chi connectivity index (χ4v) is 2.31. The molecule has 20 heavy (non-hydrogen) atoms. The van der Waals surface area contributed by atoms with Gasteiger partial charge in [0.15, 0.2) is 0 Å². The highest BCUT2D eigenvalue weighted by atomic mass is 79.9. The Bertz CT molecular complexity index is 426. The second kappa shape index (κ2) is 7.46. The molecule has 0 aliphatic heterocycles. The van der Waals surface area contributed by atoms with Gasteiger partial charge in [-0.2, -0.15) is 0 Å². The summed E-state index contributed by atoms with van der Waals surface area (Å²) in [6, 6.07) is 0. The molecule has 0 amide bonds. The van der Waals surface area contributed by atoms with E-state index in [2.05, 4.69) is 20.9 Å². The van der Waals surface area contributed by atoms with Crippen molar-refractivity contribution in [3.05, 3.63) is 15.0 Å². The van der Waals surface area contributed by atoms with Crippen molar-refractivity contribution in [3.8, 4) is 0 Å². The van der Waals surface area contributed by atoms with Gasteiger partial charge in [0.1, 0.15) is 11.6 Å². The molecule has 0 fully saturated rings. The Morgan fingerprint density at radius 1 is 1.10 bits per heavy atom. The largest absolute Gasteiger partial charge is 0.299 e. The Kier molecular flexibility index (Phi) is 7.25. The molecule has 5 heteroatoms. The number of aromatic nitrogens is 1. The molecule has 1 aromatic heterocycles. The van der Waals surface area contributed by atoms with Gasteiger partial charge in [-0.1, -0.05) is 41.5 Å². The van der Waals surface area contributed by atoms with Crippen molar-refractivity contribution in [3.63, 3.8) is 0 Å². The van der Waals surface area contributed by atoms with Gasteiger partial charge in [0, 0.05) is 10.8 Å². The topological polar surface area (TPSA) is 47.0 Å². The van der Waals surface area contributed by atoms with E-state index >= 15 is 0 Å². The Hall–Kier alpha value is -0.550. The molecule has 0 aromatic carbocycles. The average Bonchev–Trinajstić information content (AvgIpc) is 2.60. The lowest BCUT2D eigenvalue weighted by Crippen LogP contribution is -2.28. The van der Waals surface area contributed by atoms with Crippen LogP contribution in [-0.2, 0) is 9.59 Å². The van der Waals surface area contributed by atoms with Crippen LogP contribution in [-0.4, -0.2) is 16.6 Å². The predicted octanol–water partition coefficient (Wildman–Crippen LogP) is 4.82. The third kappa shape index (κ3) is 7.90. The van der Waals surface area contributed by atoms with Gasteiger partial charge in [-0.15, -0.1) is 11.3 Å². The van der Waals surface area contributed by atoms with Crippen LogP contribution in [0.1, 0.15) is 53.0 Å². The van der Waals surface area contributed by atoms with Crippen molar-refractivity contribution in [1.82, 2.24) is 4.98 Å². The molecule has 0 unspecified atom stereocenters. The molecule has 0 aliphatic rings. The molecular weight excluding hydrogens is 338 g/mol. The highest BCUT2D eigenvalue weighted by Gasteiger charge is 2.28. The number of ketones is 2. The SMILES string of the molecule is CC(C)(C)C(=O)CC(=O)C(C)(C)C.Cc1ncc(Br)s1. The van der Waals surface area contributed by atoms with E-state index in [0.29, 0.717) is 0 Å². The maximum Gasteiger partial charge on any atom is 0.145 e. The molecule has 1 aromatic rings. The fraction of sp³-hybridized carbons (Fsp3) is 0.667. The summed E-state index contributed by atoms with van der Waals surface area (Å²) >= 11 is 4.94. The number of rotatable bonds is 2. The molecule has 3 nitrogen and oxygen atoms in total. The van der Waals surface area contributed by atoms with Crippen molar-refractivity contribution in [2.75, 3.05) is 0 Å². The monoisotopic (exact) mass is 361 g/mol. The van der Waals surface area contributed by atoms with Gasteiger partial charge in [-0.25, -0.2) is 4.98 Å². The molecule has 1 heterocycles. The molecule has 0 bridgehead atoms. The number of aryl methyl sites for hydroxylation is 1. The standard InChI is InChI=1S/C11H20O2.C4H4BrNS/c1-10(2,3)8(12)7-9(13)11(4,5)6;1-3-6-2-4(5)7-3/h7H2,1-6H3;2H,1H3. The van der Waals surface area contributed by atoms with E-state index in [1.54, 1.807) is 17.5 Å². The van der Waals surface area contributed by atoms with Gasteiger partial charge >= 0.3 is 0 Å². The molecule has 114 valence electrons. The van der Waals surface area contributed by atoms with E-state index in [1.807, 2.05) is 48.5 Å². The smallest absolute Gasteiger partial charge is 0.145 e. The molecule has 0 N–H and O–H groups in total. The molecule has 0 saturated heterocycles. The van der Waals surface area contributed by atoms with Gasteiger partial charge in [0.25, 0.3) is 0 Å². The third-order valence-electron chi connectivity index (χ3n) is 2.59. The van der Waals surface area contributed by atoms with Crippen LogP contribution in [0.15, 0.2) is 9.98 Å². The van der Waals surface area contributed by atoms with E-state index in [1.165, 1.54) is 0 Å². The molecule has 0 atom stereocenters. The van der Waals surface area contributed by atoms with Gasteiger partial charge < -0.3 is 0 Å². The van der Waals surface area contributed by atoms with Crippen molar-refractivity contribution in [2.24, 2.45) is 10.8 Å². The number of hydrogen-bond acceptors (Lipinski definition) is 4. The van der Waals surface area contributed by atoms with E-state index < -0.39 is 10.8 Å². The summed E-state index contributed by atoms with van der Waals surface area (Å²) < 4.78 is 1.10. The van der Waals surface area contributed by atoms with Crippen LogP contribution in [0.2, 0.25) is 0 Å². The van der Waals surface area contributed by atoms with Crippen LogP contribution in [0.25, 0.3) is 0 Å². The molecule has 0 radical (unpaired) electrons. The van der Waals surface area contributed by atoms with E-state index in [9.17, 15) is 9.59 Å². The van der Waals surface area contributed by atoms with Gasteiger partial charge in [0.05, 0.1) is 21.4 Å². The minimum absolute atomic E-state index is 0.0208. The number of Topliss-reactive ketones (excluding diaryl/α,β-unsaturated/α-hetero) is 2. The first-order valence-electron chi connectivity index (χ1n) is 6.48. The van der Waals surface area contributed by atoms with Gasteiger partial charge in [-0.3, -0.25) is 9.59 Å². The zero-order chi connectivity index (χ0) is 16.1. The van der Waals surface area contributed by atoms with E-state index in [4.69, 9.17) is 0 Å². The molecule has 0 spiro atoms. The quantitative estimate of drug-likeness (QED) is 0.709. The maximum absolute atomic E-state index is 11.5. The van der Waals surface area contributed by atoms with Crippen LogP contribution in [0.3, 0.4) is 0 Å².